The zero-order chi connectivity index (χ0) is 20.0. The van der Waals surface area contributed by atoms with Crippen LogP contribution in [-0.2, 0) is 28.1 Å². The Bertz CT molecular complexity index is 655. The predicted molar refractivity (Wildman–Crippen MR) is 61.1 cm³/mol. The van der Waals surface area contributed by atoms with E-state index in [2.05, 4.69) is 9.97 Å². The van der Waals surface area contributed by atoms with Gasteiger partial charge in [-0.05, 0) is 13.8 Å². The summed E-state index contributed by atoms with van der Waals surface area (Å²) in [7, 11) is 0. The van der Waals surface area contributed by atoms with Crippen LogP contribution in [0, 0.1) is 0 Å². The molecule has 140 valence electrons. The molecule has 25 heavy (non-hydrogen) atoms. The maximum atomic E-state index is 13.0. The van der Waals surface area contributed by atoms with Crippen LogP contribution in [0.1, 0.15) is 42.5 Å². The van der Waals surface area contributed by atoms with Gasteiger partial charge in [-0.2, -0.15) is 39.5 Å². The number of nitrogens with zero attached hydrogens (tertiary/aromatic N) is 2. The largest absolute Gasteiger partial charge is 0.451 e. The molecule has 0 bridgehead atoms. The number of Topliss-reactive ketones (excluding diaryl/α,β-unsaturated/α-hetero) is 2. The second-order valence-corrected chi connectivity index (χ2v) is 4.81. The molecular weight excluding hydrogens is 375 g/mol. The first kappa shape index (κ1) is 20.8. The van der Waals surface area contributed by atoms with Crippen molar-refractivity contribution in [1.82, 2.24) is 9.97 Å². The van der Waals surface area contributed by atoms with Crippen LogP contribution in [0.15, 0.2) is 0 Å². The fourth-order valence-electron chi connectivity index (χ4n) is 1.99. The highest BCUT2D eigenvalue weighted by Crippen LogP contribution is 2.43. The van der Waals surface area contributed by atoms with Crippen LogP contribution in [0.4, 0.5) is 39.5 Å². The van der Waals surface area contributed by atoms with Gasteiger partial charge < -0.3 is 0 Å². The van der Waals surface area contributed by atoms with Gasteiger partial charge >= 0.3 is 18.5 Å². The maximum Gasteiger partial charge on any atom is 0.451 e. The first-order valence-electron chi connectivity index (χ1n) is 6.12. The van der Waals surface area contributed by atoms with Gasteiger partial charge in [-0.3, -0.25) is 9.59 Å². The van der Waals surface area contributed by atoms with Crippen molar-refractivity contribution in [2.24, 2.45) is 0 Å². The van der Waals surface area contributed by atoms with E-state index in [0.717, 1.165) is 0 Å². The second-order valence-electron chi connectivity index (χ2n) is 4.81. The van der Waals surface area contributed by atoms with Crippen LogP contribution in [-0.4, -0.2) is 21.5 Å². The molecule has 0 saturated heterocycles. The molecule has 0 spiro atoms. The summed E-state index contributed by atoms with van der Waals surface area (Å²) in [6, 6.07) is 0. The van der Waals surface area contributed by atoms with Gasteiger partial charge in [0, 0.05) is 5.56 Å². The summed E-state index contributed by atoms with van der Waals surface area (Å²) < 4.78 is 116. The van der Waals surface area contributed by atoms with E-state index in [0.29, 0.717) is 13.8 Å². The lowest BCUT2D eigenvalue weighted by Gasteiger charge is -2.22. The lowest BCUT2D eigenvalue weighted by atomic mass is 9.88. The minimum atomic E-state index is -5.80. The van der Waals surface area contributed by atoms with Crippen molar-refractivity contribution in [1.29, 1.82) is 0 Å². The number of halogens is 9. The van der Waals surface area contributed by atoms with Crippen molar-refractivity contribution in [3.8, 4) is 0 Å². The van der Waals surface area contributed by atoms with Gasteiger partial charge in [0.15, 0.2) is 11.4 Å². The zero-order valence-electron chi connectivity index (χ0n) is 12.2. The predicted octanol–water partition coefficient (Wildman–Crippen LogP) is 3.79. The van der Waals surface area contributed by atoms with E-state index in [1.54, 1.807) is 0 Å². The summed E-state index contributed by atoms with van der Waals surface area (Å²) in [6.45, 7) is 1.04. The quantitative estimate of drug-likeness (QED) is 0.590. The second kappa shape index (κ2) is 6.26. The highest BCUT2D eigenvalue weighted by atomic mass is 19.4. The molecule has 1 aromatic rings. The highest BCUT2D eigenvalue weighted by molar-refractivity contribution is 6.06. The van der Waals surface area contributed by atoms with Gasteiger partial charge in [0.05, 0.1) is 0 Å². The van der Waals surface area contributed by atoms with Gasteiger partial charge in [-0.15, -0.1) is 0 Å². The van der Waals surface area contributed by atoms with Crippen molar-refractivity contribution < 1.29 is 49.1 Å². The summed E-state index contributed by atoms with van der Waals surface area (Å²) in [5.74, 6) is -8.18. The van der Waals surface area contributed by atoms with Crippen LogP contribution in [0.2, 0.25) is 0 Å². The Balaban J connectivity index is 4.08. The van der Waals surface area contributed by atoms with E-state index in [-0.39, 0.29) is 0 Å². The van der Waals surface area contributed by atoms with Crippen molar-refractivity contribution in [2.45, 2.75) is 38.3 Å². The van der Waals surface area contributed by atoms with Crippen molar-refractivity contribution >= 4 is 11.6 Å². The number of alkyl halides is 9. The zero-order valence-corrected chi connectivity index (χ0v) is 12.2. The highest BCUT2D eigenvalue weighted by Gasteiger charge is 2.50. The minimum absolute atomic E-state index is 0.518. The molecule has 0 radical (unpaired) electrons. The number of carbonyl (C=O) groups is 2. The Morgan fingerprint density at radius 2 is 1.04 bits per heavy atom. The minimum Gasteiger partial charge on any atom is -0.299 e. The topological polar surface area (TPSA) is 59.9 Å². The van der Waals surface area contributed by atoms with Gasteiger partial charge in [0.2, 0.25) is 5.82 Å². The molecule has 0 fully saturated rings. The van der Waals surface area contributed by atoms with Gasteiger partial charge in [-0.25, -0.2) is 9.97 Å². The van der Waals surface area contributed by atoms with Crippen LogP contribution >= 0.6 is 0 Å². The molecule has 0 N–H and O–H groups in total. The van der Waals surface area contributed by atoms with Crippen molar-refractivity contribution in [3.63, 3.8) is 0 Å². The fourth-order valence-corrected chi connectivity index (χ4v) is 1.99. The van der Waals surface area contributed by atoms with Gasteiger partial charge in [0.1, 0.15) is 17.5 Å². The molecule has 0 atom stereocenters. The number of hydrogen-bond donors (Lipinski definition) is 0. The number of hydrogen-bond acceptors (Lipinski definition) is 4. The third-order valence-electron chi connectivity index (χ3n) is 2.84. The average molecular weight is 382 g/mol. The Morgan fingerprint density at radius 1 is 0.720 bits per heavy atom. The summed E-state index contributed by atoms with van der Waals surface area (Å²) in [5, 5.41) is 0. The van der Waals surface area contributed by atoms with E-state index >= 15 is 0 Å². The average Bonchev–Trinajstić information content (AvgIpc) is 2.33. The molecule has 0 aliphatic rings. The molecular formula is C12H7F9N2O2. The molecule has 0 aliphatic heterocycles. The van der Waals surface area contributed by atoms with Crippen LogP contribution in [0.5, 0.6) is 0 Å². The Hall–Kier alpha value is -2.21. The van der Waals surface area contributed by atoms with E-state index in [4.69, 9.17) is 0 Å². The molecule has 1 rings (SSSR count). The third kappa shape index (κ3) is 4.45. The number of carbonyl (C=O) groups excluding carboxylic acids is 2. The van der Waals surface area contributed by atoms with Crippen LogP contribution < -0.4 is 0 Å². The summed E-state index contributed by atoms with van der Waals surface area (Å²) in [5.41, 5.74) is -7.33. The molecule has 1 heterocycles. The first-order valence-corrected chi connectivity index (χ1v) is 6.12. The molecule has 0 unspecified atom stereocenters. The fraction of sp³-hybridized carbons (Fsp3) is 0.500. The number of rotatable bonds is 3. The van der Waals surface area contributed by atoms with E-state index in [9.17, 15) is 49.1 Å². The molecule has 4 nitrogen and oxygen atoms in total. The molecule has 0 amide bonds. The summed E-state index contributed by atoms with van der Waals surface area (Å²) in [6.07, 6.45) is -17.3. The SMILES string of the molecule is CC(=O)C(C(C)=O)c1c(C(F)(F)F)nc(C(F)(F)F)nc1C(F)(F)F. The van der Waals surface area contributed by atoms with Gasteiger partial charge in [0.25, 0.3) is 0 Å². The lowest BCUT2D eigenvalue weighted by molar-refractivity contribution is -0.160. The van der Waals surface area contributed by atoms with E-state index < -0.39 is 58.8 Å². The van der Waals surface area contributed by atoms with Crippen molar-refractivity contribution in [3.05, 3.63) is 22.8 Å². The summed E-state index contributed by atoms with van der Waals surface area (Å²) in [4.78, 5) is 27.0. The monoisotopic (exact) mass is 382 g/mol. The number of ketones is 2. The Labute approximate surface area is 133 Å². The Kier molecular flexibility index (Phi) is 5.22. The normalized spacial score (nSPS) is 13.3. The molecule has 1 aromatic heterocycles. The standard InChI is InChI=1S/C12H7F9N2O2/c1-3(24)5(4(2)25)6-7(10(13,14)15)22-9(12(19,20)21)23-8(6)11(16,17)18/h5H,1-2H3. The van der Waals surface area contributed by atoms with E-state index in [1.165, 1.54) is 0 Å². The van der Waals surface area contributed by atoms with E-state index in [1.807, 2.05) is 0 Å². The lowest BCUT2D eigenvalue weighted by Crippen LogP contribution is -2.30. The maximum absolute atomic E-state index is 13.0. The first-order chi connectivity index (χ1) is 11.0. The number of aromatic nitrogens is 2. The smallest absolute Gasteiger partial charge is 0.299 e. The van der Waals surface area contributed by atoms with Crippen LogP contribution in [0.3, 0.4) is 0 Å². The van der Waals surface area contributed by atoms with Crippen molar-refractivity contribution in [2.75, 3.05) is 0 Å². The van der Waals surface area contributed by atoms with Gasteiger partial charge in [-0.1, -0.05) is 0 Å². The van der Waals surface area contributed by atoms with Crippen LogP contribution in [0.25, 0.3) is 0 Å². The third-order valence-corrected chi connectivity index (χ3v) is 2.84. The Morgan fingerprint density at radius 3 is 1.24 bits per heavy atom. The summed E-state index contributed by atoms with van der Waals surface area (Å²) >= 11 is 0. The molecule has 0 aliphatic carbocycles. The molecule has 0 saturated carbocycles. The molecule has 13 heteroatoms. The molecule has 0 aromatic carbocycles.